The van der Waals surface area contributed by atoms with Crippen LogP contribution >= 0.6 is 11.8 Å². The number of hydrogen-bond acceptors (Lipinski definition) is 5. The van der Waals surface area contributed by atoms with Crippen LogP contribution in [0.15, 0.2) is 65.6 Å². The van der Waals surface area contributed by atoms with E-state index >= 15 is 0 Å². The van der Waals surface area contributed by atoms with Gasteiger partial charge in [-0.1, -0.05) is 48.5 Å². The number of benzene rings is 2. The van der Waals surface area contributed by atoms with Gasteiger partial charge in [-0.25, -0.2) is 9.59 Å². The van der Waals surface area contributed by atoms with Crippen molar-refractivity contribution in [3.63, 3.8) is 0 Å². The van der Waals surface area contributed by atoms with Crippen molar-refractivity contribution in [2.45, 2.75) is 23.5 Å². The van der Waals surface area contributed by atoms with Gasteiger partial charge in [0.2, 0.25) is 6.10 Å². The Labute approximate surface area is 138 Å². The van der Waals surface area contributed by atoms with Crippen molar-refractivity contribution in [2.75, 3.05) is 5.75 Å². The summed E-state index contributed by atoms with van der Waals surface area (Å²) in [6.45, 7) is 0. The minimum atomic E-state index is -0.957. The van der Waals surface area contributed by atoms with Crippen LogP contribution in [0.1, 0.15) is 18.1 Å². The SMILES string of the molecule is O=C1OC(c2ccccc2)C(=O)OC1CCSc1ccccc1. The summed E-state index contributed by atoms with van der Waals surface area (Å²) in [4.78, 5) is 25.3. The molecule has 0 saturated carbocycles. The highest BCUT2D eigenvalue weighted by atomic mass is 32.2. The molecule has 5 heteroatoms. The van der Waals surface area contributed by atoms with Gasteiger partial charge in [0.05, 0.1) is 0 Å². The fourth-order valence-electron chi connectivity index (χ4n) is 2.30. The molecule has 1 aliphatic rings. The second kappa shape index (κ2) is 7.33. The molecule has 0 bridgehead atoms. The van der Waals surface area contributed by atoms with Crippen molar-refractivity contribution in [1.82, 2.24) is 0 Å². The number of esters is 2. The average molecular weight is 328 g/mol. The monoisotopic (exact) mass is 328 g/mol. The lowest BCUT2D eigenvalue weighted by Gasteiger charge is -2.27. The zero-order valence-corrected chi connectivity index (χ0v) is 13.2. The van der Waals surface area contributed by atoms with Gasteiger partial charge >= 0.3 is 11.9 Å². The molecule has 23 heavy (non-hydrogen) atoms. The second-order valence-electron chi connectivity index (χ2n) is 5.10. The molecule has 1 heterocycles. The molecule has 1 aliphatic heterocycles. The van der Waals surface area contributed by atoms with Crippen molar-refractivity contribution >= 4 is 23.7 Å². The van der Waals surface area contributed by atoms with Gasteiger partial charge in [-0.15, -0.1) is 11.8 Å². The maximum absolute atomic E-state index is 12.1. The van der Waals surface area contributed by atoms with E-state index in [1.807, 2.05) is 36.4 Å². The Balaban J connectivity index is 1.55. The molecule has 2 aromatic rings. The standard InChI is InChI=1S/C18H16O4S/c19-17-15(11-12-23-14-9-5-2-6-10-14)21-18(20)16(22-17)13-7-3-1-4-8-13/h1-10,15-16H,11-12H2. The first-order valence-electron chi connectivity index (χ1n) is 7.38. The largest absolute Gasteiger partial charge is 0.447 e. The summed E-state index contributed by atoms with van der Waals surface area (Å²) in [5.74, 6) is -0.315. The van der Waals surface area contributed by atoms with E-state index in [0.29, 0.717) is 17.7 Å². The van der Waals surface area contributed by atoms with Crippen molar-refractivity contribution in [3.05, 3.63) is 66.2 Å². The number of cyclic esters (lactones) is 2. The summed E-state index contributed by atoms with van der Waals surface area (Å²) in [7, 11) is 0. The molecule has 0 aromatic heterocycles. The molecule has 2 atom stereocenters. The van der Waals surface area contributed by atoms with Gasteiger partial charge in [0.1, 0.15) is 0 Å². The fourth-order valence-corrected chi connectivity index (χ4v) is 3.22. The molecule has 4 nitrogen and oxygen atoms in total. The lowest BCUT2D eigenvalue weighted by atomic mass is 10.1. The minimum absolute atomic E-state index is 0.436. The zero-order chi connectivity index (χ0) is 16.1. The van der Waals surface area contributed by atoms with E-state index in [0.717, 1.165) is 4.90 Å². The molecule has 1 fully saturated rings. The number of carbonyl (C=O) groups excluding carboxylic acids is 2. The van der Waals surface area contributed by atoms with E-state index in [2.05, 4.69) is 0 Å². The number of hydrogen-bond donors (Lipinski definition) is 0. The normalized spacial score (nSPS) is 20.7. The summed E-state index contributed by atoms with van der Waals surface area (Å²) >= 11 is 1.62. The van der Waals surface area contributed by atoms with E-state index in [-0.39, 0.29) is 0 Å². The topological polar surface area (TPSA) is 52.6 Å². The Morgan fingerprint density at radius 2 is 1.48 bits per heavy atom. The van der Waals surface area contributed by atoms with Crippen molar-refractivity contribution in [1.29, 1.82) is 0 Å². The molecule has 0 radical (unpaired) electrons. The zero-order valence-electron chi connectivity index (χ0n) is 12.4. The molecule has 0 amide bonds. The van der Waals surface area contributed by atoms with Gasteiger partial charge in [-0.2, -0.15) is 0 Å². The Morgan fingerprint density at radius 1 is 0.826 bits per heavy atom. The van der Waals surface area contributed by atoms with Crippen molar-refractivity contribution in [2.24, 2.45) is 0 Å². The van der Waals surface area contributed by atoms with Gasteiger partial charge in [-0.05, 0) is 12.1 Å². The van der Waals surface area contributed by atoms with Gasteiger partial charge < -0.3 is 9.47 Å². The molecule has 2 unspecified atom stereocenters. The summed E-state index contributed by atoms with van der Waals surface area (Å²) in [6, 6.07) is 18.8. The predicted octanol–water partition coefficient (Wildman–Crippen LogP) is 3.38. The van der Waals surface area contributed by atoms with Crippen LogP contribution in [0.25, 0.3) is 0 Å². The van der Waals surface area contributed by atoms with E-state index in [9.17, 15) is 9.59 Å². The van der Waals surface area contributed by atoms with Crippen molar-refractivity contribution < 1.29 is 19.1 Å². The van der Waals surface area contributed by atoms with Gasteiger partial charge in [0.25, 0.3) is 0 Å². The number of ether oxygens (including phenoxy) is 2. The van der Waals surface area contributed by atoms with Gasteiger partial charge in [-0.3, -0.25) is 0 Å². The van der Waals surface area contributed by atoms with Crippen LogP contribution in [-0.2, 0) is 19.1 Å². The molecule has 0 spiro atoms. The van der Waals surface area contributed by atoms with Gasteiger partial charge in [0, 0.05) is 22.6 Å². The lowest BCUT2D eigenvalue weighted by molar-refractivity contribution is -0.195. The minimum Gasteiger partial charge on any atom is -0.447 e. The summed E-state index contributed by atoms with van der Waals surface area (Å²) in [6.07, 6.45) is -1.34. The maximum Gasteiger partial charge on any atom is 0.353 e. The van der Waals surface area contributed by atoms with E-state index in [1.165, 1.54) is 0 Å². The Morgan fingerprint density at radius 3 is 2.17 bits per heavy atom. The van der Waals surface area contributed by atoms with Crippen LogP contribution in [0.3, 0.4) is 0 Å². The highest BCUT2D eigenvalue weighted by molar-refractivity contribution is 7.99. The molecule has 1 saturated heterocycles. The summed E-state index contributed by atoms with van der Waals surface area (Å²) < 4.78 is 10.6. The molecular formula is C18H16O4S. The first-order valence-corrected chi connectivity index (χ1v) is 8.36. The lowest BCUT2D eigenvalue weighted by Crippen LogP contribution is -2.40. The average Bonchev–Trinajstić information content (AvgIpc) is 2.59. The molecule has 2 aromatic carbocycles. The molecule has 0 aliphatic carbocycles. The number of thioether (sulfide) groups is 1. The van der Waals surface area contributed by atoms with Gasteiger partial charge in [0.15, 0.2) is 6.10 Å². The highest BCUT2D eigenvalue weighted by Gasteiger charge is 2.38. The van der Waals surface area contributed by atoms with Crippen LogP contribution in [0.5, 0.6) is 0 Å². The Kier molecular flexibility index (Phi) is 4.98. The van der Waals surface area contributed by atoms with Crippen LogP contribution in [-0.4, -0.2) is 23.8 Å². The summed E-state index contributed by atoms with van der Waals surface area (Å²) in [5, 5.41) is 0. The van der Waals surface area contributed by atoms with E-state index in [1.54, 1.807) is 36.0 Å². The highest BCUT2D eigenvalue weighted by Crippen LogP contribution is 2.27. The quantitative estimate of drug-likeness (QED) is 0.622. The van der Waals surface area contributed by atoms with E-state index in [4.69, 9.17) is 9.47 Å². The first kappa shape index (κ1) is 15.6. The smallest absolute Gasteiger partial charge is 0.353 e. The molecule has 0 N–H and O–H groups in total. The predicted molar refractivity (Wildman–Crippen MR) is 86.9 cm³/mol. The fraction of sp³-hybridized carbons (Fsp3) is 0.222. The second-order valence-corrected chi connectivity index (χ2v) is 6.27. The number of rotatable bonds is 5. The third-order valence-electron chi connectivity index (χ3n) is 3.46. The van der Waals surface area contributed by atoms with Crippen LogP contribution in [0.4, 0.5) is 0 Å². The first-order chi connectivity index (χ1) is 11.2. The molecule has 3 rings (SSSR count). The number of carbonyl (C=O) groups is 2. The summed E-state index contributed by atoms with van der Waals surface area (Å²) in [5.41, 5.74) is 0.628. The van der Waals surface area contributed by atoms with Crippen LogP contribution in [0, 0.1) is 0 Å². The Bertz CT molecular complexity index is 672. The maximum atomic E-state index is 12.1. The molecular weight excluding hydrogens is 312 g/mol. The Hall–Kier alpha value is -2.27. The van der Waals surface area contributed by atoms with Crippen molar-refractivity contribution in [3.8, 4) is 0 Å². The van der Waals surface area contributed by atoms with Crippen LogP contribution < -0.4 is 0 Å². The van der Waals surface area contributed by atoms with Crippen LogP contribution in [0.2, 0.25) is 0 Å². The third kappa shape index (κ3) is 3.93. The molecule has 118 valence electrons. The third-order valence-corrected chi connectivity index (χ3v) is 4.51. The van der Waals surface area contributed by atoms with E-state index < -0.39 is 24.1 Å².